The van der Waals surface area contributed by atoms with Crippen LogP contribution in [0.5, 0.6) is 0 Å². The van der Waals surface area contributed by atoms with Crippen molar-refractivity contribution in [2.75, 3.05) is 20.3 Å². The number of unbranched alkanes of at least 4 members (excludes halogenated alkanes) is 3. The molecule has 1 saturated heterocycles. The summed E-state index contributed by atoms with van der Waals surface area (Å²) in [5.74, 6) is 0. The van der Waals surface area contributed by atoms with Crippen LogP contribution in [0.4, 0.5) is 0 Å². The largest absolute Gasteiger partial charge is 0.394 e. The molecule has 0 aliphatic carbocycles. The molecule has 2 rings (SSSR count). The molecule has 1 fully saturated rings. The number of aliphatic hydroxyl groups is 2. The number of hydrogen-bond acceptors (Lipinski definition) is 7. The molecule has 1 aromatic heterocycles. The first-order chi connectivity index (χ1) is 12.0. The fourth-order valence-electron chi connectivity index (χ4n) is 3.06. The van der Waals surface area contributed by atoms with E-state index in [2.05, 4.69) is 4.98 Å². The molecule has 0 amide bonds. The van der Waals surface area contributed by atoms with E-state index in [0.717, 1.165) is 25.7 Å². The minimum Gasteiger partial charge on any atom is -0.394 e. The molecule has 0 unspecified atom stereocenters. The molecule has 9 heteroatoms. The third-order valence-corrected chi connectivity index (χ3v) is 4.48. The number of hydrogen-bond donors (Lipinski definition) is 4. The third-order valence-electron chi connectivity index (χ3n) is 4.48. The Balaban J connectivity index is 2.19. The summed E-state index contributed by atoms with van der Waals surface area (Å²) in [6.07, 6.45) is 2.01. The highest BCUT2D eigenvalue weighted by Gasteiger charge is 2.45. The number of nitrogens with zero attached hydrogens (tertiary/aromatic N) is 1. The highest BCUT2D eigenvalue weighted by atomic mass is 16.6. The van der Waals surface area contributed by atoms with Crippen LogP contribution in [-0.2, 0) is 15.9 Å². The minimum atomic E-state index is -1.07. The van der Waals surface area contributed by atoms with Crippen molar-refractivity contribution in [1.29, 1.82) is 0 Å². The number of nitrogens with two attached hydrogens (primary N) is 1. The van der Waals surface area contributed by atoms with Gasteiger partial charge < -0.3 is 25.4 Å². The average Bonchev–Trinajstić information content (AvgIpc) is 2.91. The second kappa shape index (κ2) is 9.25. The van der Waals surface area contributed by atoms with Gasteiger partial charge in [0.15, 0.2) is 6.23 Å². The van der Waals surface area contributed by atoms with Crippen LogP contribution in [0.25, 0.3) is 0 Å². The molecule has 2 heterocycles. The van der Waals surface area contributed by atoms with Crippen LogP contribution >= 0.6 is 0 Å². The van der Waals surface area contributed by atoms with Crippen molar-refractivity contribution in [3.05, 3.63) is 32.6 Å². The predicted octanol–water partition coefficient (Wildman–Crippen LogP) is -1.14. The van der Waals surface area contributed by atoms with Crippen molar-refractivity contribution in [3.8, 4) is 0 Å². The van der Waals surface area contributed by atoms with E-state index in [4.69, 9.17) is 15.2 Å². The monoisotopic (exact) mass is 357 g/mol. The molecule has 0 radical (unpaired) electrons. The highest BCUT2D eigenvalue weighted by Crippen LogP contribution is 2.30. The lowest BCUT2D eigenvalue weighted by atomic mass is 10.1. The number of aliphatic hydroxyl groups excluding tert-OH is 2. The minimum absolute atomic E-state index is 0.399. The molecular weight excluding hydrogens is 330 g/mol. The maximum absolute atomic E-state index is 12.2. The van der Waals surface area contributed by atoms with E-state index in [9.17, 15) is 19.8 Å². The number of methoxy groups -OCH3 is 1. The molecule has 4 atom stereocenters. The Labute approximate surface area is 145 Å². The topological polar surface area (TPSA) is 140 Å². The van der Waals surface area contributed by atoms with Crippen molar-refractivity contribution in [2.45, 2.75) is 56.6 Å². The molecule has 0 saturated carbocycles. The van der Waals surface area contributed by atoms with Crippen LogP contribution in [0.3, 0.4) is 0 Å². The SMILES string of the molecule is CO[C@@H]1[C@H](O)[C@@H](CO)O[C@H]1n1cc(CCCCCCN)c(=O)[nH]c1=O. The maximum atomic E-state index is 12.2. The van der Waals surface area contributed by atoms with Crippen LogP contribution in [-0.4, -0.2) is 58.3 Å². The Morgan fingerprint density at radius 1 is 1.32 bits per heavy atom. The number of nitrogens with one attached hydrogen (secondary N) is 1. The lowest BCUT2D eigenvalue weighted by Crippen LogP contribution is -2.39. The molecule has 5 N–H and O–H groups in total. The van der Waals surface area contributed by atoms with Gasteiger partial charge in [0, 0.05) is 18.9 Å². The number of ether oxygens (including phenoxy) is 2. The number of rotatable bonds is 9. The zero-order chi connectivity index (χ0) is 18.4. The number of aromatic nitrogens is 2. The molecule has 0 bridgehead atoms. The Morgan fingerprint density at radius 2 is 2.04 bits per heavy atom. The third kappa shape index (κ3) is 4.56. The summed E-state index contributed by atoms with van der Waals surface area (Å²) >= 11 is 0. The fourth-order valence-corrected chi connectivity index (χ4v) is 3.06. The standard InChI is InChI=1S/C16H27N3O6/c1-24-13-12(21)11(9-20)25-15(13)19-8-10(14(22)18-16(19)23)6-4-2-3-5-7-17/h8,11-13,15,20-21H,2-7,9,17H2,1H3,(H,18,22,23)/t11-,12-,13-,15-/m1/s1. The van der Waals surface area contributed by atoms with Gasteiger partial charge in [0.05, 0.1) is 6.61 Å². The van der Waals surface area contributed by atoms with Crippen molar-refractivity contribution >= 4 is 0 Å². The lowest BCUT2D eigenvalue weighted by molar-refractivity contribution is -0.0626. The van der Waals surface area contributed by atoms with E-state index in [-0.39, 0.29) is 0 Å². The van der Waals surface area contributed by atoms with Crippen molar-refractivity contribution in [3.63, 3.8) is 0 Å². The fraction of sp³-hybridized carbons (Fsp3) is 0.750. The molecule has 1 aromatic rings. The molecule has 142 valence electrons. The Bertz CT molecular complexity index is 658. The number of aryl methyl sites for hydroxylation is 1. The Kier molecular flexibility index (Phi) is 7.33. The van der Waals surface area contributed by atoms with Gasteiger partial charge in [-0.3, -0.25) is 14.3 Å². The number of H-pyrrole nitrogens is 1. The smallest absolute Gasteiger partial charge is 0.330 e. The van der Waals surface area contributed by atoms with Crippen LogP contribution in [0, 0.1) is 0 Å². The van der Waals surface area contributed by atoms with Gasteiger partial charge >= 0.3 is 5.69 Å². The molecule has 9 nitrogen and oxygen atoms in total. The predicted molar refractivity (Wildman–Crippen MR) is 90.3 cm³/mol. The number of aromatic amines is 1. The summed E-state index contributed by atoms with van der Waals surface area (Å²) in [5.41, 5.74) is 4.85. The van der Waals surface area contributed by atoms with Crippen molar-refractivity contribution < 1.29 is 19.7 Å². The summed E-state index contributed by atoms with van der Waals surface area (Å²) < 4.78 is 12.0. The molecular formula is C16H27N3O6. The van der Waals surface area contributed by atoms with E-state index >= 15 is 0 Å². The first-order valence-electron chi connectivity index (χ1n) is 8.55. The van der Waals surface area contributed by atoms with Gasteiger partial charge in [-0.05, 0) is 25.8 Å². The van der Waals surface area contributed by atoms with E-state index in [1.54, 1.807) is 0 Å². The summed E-state index contributed by atoms with van der Waals surface area (Å²) in [7, 11) is 1.39. The Hall–Kier alpha value is -1.52. The normalized spacial score (nSPS) is 26.2. The van der Waals surface area contributed by atoms with E-state index in [1.165, 1.54) is 17.9 Å². The second-order valence-corrected chi connectivity index (χ2v) is 6.21. The van der Waals surface area contributed by atoms with Gasteiger partial charge in [0.2, 0.25) is 0 Å². The van der Waals surface area contributed by atoms with Gasteiger partial charge in [-0.2, -0.15) is 0 Å². The van der Waals surface area contributed by atoms with Crippen LogP contribution in [0.2, 0.25) is 0 Å². The second-order valence-electron chi connectivity index (χ2n) is 6.21. The summed E-state index contributed by atoms with van der Waals surface area (Å²) in [6, 6.07) is 0. The van der Waals surface area contributed by atoms with Gasteiger partial charge in [-0.25, -0.2) is 4.79 Å². The lowest BCUT2D eigenvalue weighted by Gasteiger charge is -2.20. The zero-order valence-corrected chi connectivity index (χ0v) is 14.4. The van der Waals surface area contributed by atoms with Crippen LogP contribution < -0.4 is 17.0 Å². The molecule has 0 aromatic carbocycles. The molecule has 0 spiro atoms. The summed E-state index contributed by atoms with van der Waals surface area (Å²) in [6.45, 7) is 0.251. The van der Waals surface area contributed by atoms with E-state index in [0.29, 0.717) is 18.5 Å². The van der Waals surface area contributed by atoms with Gasteiger partial charge in [-0.1, -0.05) is 12.8 Å². The highest BCUT2D eigenvalue weighted by molar-refractivity contribution is 5.06. The van der Waals surface area contributed by atoms with Crippen LogP contribution in [0.1, 0.15) is 37.5 Å². The van der Waals surface area contributed by atoms with Crippen molar-refractivity contribution in [1.82, 2.24) is 9.55 Å². The molecule has 1 aliphatic heterocycles. The maximum Gasteiger partial charge on any atom is 0.330 e. The molecule has 1 aliphatic rings. The van der Waals surface area contributed by atoms with Gasteiger partial charge in [-0.15, -0.1) is 0 Å². The van der Waals surface area contributed by atoms with E-state index < -0.39 is 42.4 Å². The van der Waals surface area contributed by atoms with Gasteiger partial charge in [0.1, 0.15) is 18.3 Å². The Morgan fingerprint density at radius 3 is 2.68 bits per heavy atom. The first-order valence-corrected chi connectivity index (χ1v) is 8.55. The van der Waals surface area contributed by atoms with E-state index in [1.807, 2.05) is 0 Å². The van der Waals surface area contributed by atoms with Gasteiger partial charge in [0.25, 0.3) is 5.56 Å². The average molecular weight is 357 g/mol. The van der Waals surface area contributed by atoms with Crippen molar-refractivity contribution in [2.24, 2.45) is 5.73 Å². The van der Waals surface area contributed by atoms with Crippen LogP contribution in [0.15, 0.2) is 15.8 Å². The zero-order valence-electron chi connectivity index (χ0n) is 14.4. The molecule has 25 heavy (non-hydrogen) atoms. The first kappa shape index (κ1) is 19.8. The quantitative estimate of drug-likeness (QED) is 0.410. The summed E-state index contributed by atoms with van der Waals surface area (Å²) in [4.78, 5) is 26.5. The summed E-state index contributed by atoms with van der Waals surface area (Å²) in [5, 5.41) is 19.4.